The van der Waals surface area contributed by atoms with Crippen LogP contribution in [0.2, 0.25) is 0 Å². The van der Waals surface area contributed by atoms with Gasteiger partial charge in [-0.3, -0.25) is 0 Å². The topological polar surface area (TPSA) is 78.4 Å². The molecular weight excluding hydrogens is 308 g/mol. The molecule has 1 unspecified atom stereocenters. The predicted molar refractivity (Wildman–Crippen MR) is 83.9 cm³/mol. The third-order valence-corrected chi connectivity index (χ3v) is 5.08. The van der Waals surface area contributed by atoms with Crippen molar-refractivity contribution in [3.8, 4) is 0 Å². The Hall–Kier alpha value is -1.86. The van der Waals surface area contributed by atoms with E-state index in [2.05, 4.69) is 10.6 Å². The van der Waals surface area contributed by atoms with Crippen molar-refractivity contribution in [1.29, 1.82) is 0 Å². The highest BCUT2D eigenvalue weighted by atomic mass is 32.1. The second kappa shape index (κ2) is 6.73. The molecule has 0 fully saturated rings. The number of thiophene rings is 2. The summed E-state index contributed by atoms with van der Waals surface area (Å²) in [5.74, 6) is -1.07. The van der Waals surface area contributed by atoms with Crippen LogP contribution in [0.4, 0.5) is 4.79 Å². The molecule has 21 heavy (non-hydrogen) atoms. The highest BCUT2D eigenvalue weighted by Crippen LogP contribution is 2.21. The number of urea groups is 1. The predicted octanol–water partition coefficient (Wildman–Crippen LogP) is 3.05. The van der Waals surface area contributed by atoms with Gasteiger partial charge in [-0.1, -0.05) is 6.07 Å². The van der Waals surface area contributed by atoms with E-state index in [4.69, 9.17) is 0 Å². The number of hydrogen-bond acceptors (Lipinski definition) is 4. The highest BCUT2D eigenvalue weighted by molar-refractivity contribution is 7.12. The molecule has 2 aromatic heterocycles. The number of hydrogen-bond donors (Lipinski definition) is 3. The zero-order valence-corrected chi connectivity index (χ0v) is 13.3. The lowest BCUT2D eigenvalue weighted by Crippen LogP contribution is -2.40. The minimum Gasteiger partial charge on any atom is -0.479 e. The largest absolute Gasteiger partial charge is 0.479 e. The van der Waals surface area contributed by atoms with Crippen LogP contribution in [0, 0.1) is 13.8 Å². The van der Waals surface area contributed by atoms with Gasteiger partial charge in [0.1, 0.15) is 0 Å². The van der Waals surface area contributed by atoms with Crippen LogP contribution >= 0.6 is 22.7 Å². The minimum absolute atomic E-state index is 0.391. The molecule has 0 bridgehead atoms. The maximum absolute atomic E-state index is 11.8. The zero-order chi connectivity index (χ0) is 15.4. The van der Waals surface area contributed by atoms with Crippen molar-refractivity contribution in [3.05, 3.63) is 43.8 Å². The van der Waals surface area contributed by atoms with E-state index in [0.717, 1.165) is 4.88 Å². The lowest BCUT2D eigenvalue weighted by Gasteiger charge is -2.13. The van der Waals surface area contributed by atoms with Gasteiger partial charge in [0.25, 0.3) is 0 Å². The van der Waals surface area contributed by atoms with Crippen LogP contribution in [-0.2, 0) is 11.3 Å². The maximum atomic E-state index is 11.8. The lowest BCUT2D eigenvalue weighted by molar-refractivity contribution is -0.139. The minimum atomic E-state index is -1.07. The summed E-state index contributed by atoms with van der Waals surface area (Å²) in [6.45, 7) is 4.44. The molecule has 5 nitrogen and oxygen atoms in total. The first-order valence-corrected chi connectivity index (χ1v) is 8.03. The summed E-state index contributed by atoms with van der Waals surface area (Å²) in [6.07, 6.45) is 0. The number of carboxylic acid groups (broad SMARTS) is 1. The molecule has 0 radical (unpaired) electrons. The smallest absolute Gasteiger partial charge is 0.331 e. The fraction of sp³-hybridized carbons (Fsp3) is 0.286. The summed E-state index contributed by atoms with van der Waals surface area (Å²) in [5, 5.41) is 16.1. The summed E-state index contributed by atoms with van der Waals surface area (Å²) in [7, 11) is 0. The molecule has 2 rings (SSSR count). The van der Waals surface area contributed by atoms with Crippen LogP contribution in [0.15, 0.2) is 23.6 Å². The molecule has 112 valence electrons. The van der Waals surface area contributed by atoms with E-state index in [9.17, 15) is 14.7 Å². The molecule has 0 spiro atoms. The Morgan fingerprint density at radius 1 is 1.38 bits per heavy atom. The molecule has 0 saturated carbocycles. The maximum Gasteiger partial charge on any atom is 0.331 e. The third kappa shape index (κ3) is 4.05. The standard InChI is InChI=1S/C14H16N2O3S2/c1-8-6-10(21-9(8)2)7-15-14(19)16-12(13(17)18)11-4-3-5-20-11/h3-6,12H,7H2,1-2H3,(H,17,18)(H2,15,16,19). The summed E-state index contributed by atoms with van der Waals surface area (Å²) >= 11 is 2.92. The van der Waals surface area contributed by atoms with E-state index < -0.39 is 18.0 Å². The van der Waals surface area contributed by atoms with Gasteiger partial charge < -0.3 is 15.7 Å². The van der Waals surface area contributed by atoms with Crippen molar-refractivity contribution in [2.24, 2.45) is 0 Å². The Kier molecular flexibility index (Phi) is 4.98. The Bertz CT molecular complexity index is 615. The molecule has 0 aliphatic rings. The number of aryl methyl sites for hydroxylation is 2. The monoisotopic (exact) mass is 324 g/mol. The van der Waals surface area contributed by atoms with Gasteiger partial charge in [0, 0.05) is 14.6 Å². The van der Waals surface area contributed by atoms with Crippen molar-refractivity contribution in [2.45, 2.75) is 26.4 Å². The van der Waals surface area contributed by atoms with E-state index in [1.165, 1.54) is 21.8 Å². The second-order valence-corrected chi connectivity index (χ2v) is 6.89. The van der Waals surface area contributed by atoms with Crippen LogP contribution in [-0.4, -0.2) is 17.1 Å². The first-order chi connectivity index (χ1) is 9.97. The molecule has 2 aromatic rings. The van der Waals surface area contributed by atoms with Crippen molar-refractivity contribution >= 4 is 34.7 Å². The average Bonchev–Trinajstić information content (AvgIpc) is 3.04. The summed E-state index contributed by atoms with van der Waals surface area (Å²) < 4.78 is 0. The van der Waals surface area contributed by atoms with Gasteiger partial charge in [0.2, 0.25) is 0 Å². The fourth-order valence-electron chi connectivity index (χ4n) is 1.80. The van der Waals surface area contributed by atoms with Gasteiger partial charge in [-0.2, -0.15) is 0 Å². The third-order valence-electron chi connectivity index (χ3n) is 2.99. The molecule has 0 aliphatic carbocycles. The molecule has 3 N–H and O–H groups in total. The summed E-state index contributed by atoms with van der Waals surface area (Å²) in [4.78, 5) is 25.9. The molecule has 0 saturated heterocycles. The van der Waals surface area contributed by atoms with Gasteiger partial charge in [-0.25, -0.2) is 9.59 Å². The number of carboxylic acids is 1. The van der Waals surface area contributed by atoms with Crippen LogP contribution in [0.3, 0.4) is 0 Å². The highest BCUT2D eigenvalue weighted by Gasteiger charge is 2.22. The fourth-order valence-corrected chi connectivity index (χ4v) is 3.56. The van der Waals surface area contributed by atoms with Crippen molar-refractivity contribution in [3.63, 3.8) is 0 Å². The van der Waals surface area contributed by atoms with Crippen LogP contribution in [0.25, 0.3) is 0 Å². The zero-order valence-electron chi connectivity index (χ0n) is 11.7. The first-order valence-electron chi connectivity index (χ1n) is 6.34. The molecule has 2 amide bonds. The quantitative estimate of drug-likeness (QED) is 0.791. The first kappa shape index (κ1) is 15.5. The molecular formula is C14H16N2O3S2. The molecule has 0 aromatic carbocycles. The van der Waals surface area contributed by atoms with Gasteiger partial charge in [-0.15, -0.1) is 22.7 Å². The molecule has 7 heteroatoms. The molecule has 1 atom stereocenters. The van der Waals surface area contributed by atoms with E-state index in [1.807, 2.05) is 19.9 Å². The average molecular weight is 324 g/mol. The Morgan fingerprint density at radius 2 is 2.14 bits per heavy atom. The van der Waals surface area contributed by atoms with Crippen molar-refractivity contribution < 1.29 is 14.7 Å². The van der Waals surface area contributed by atoms with Crippen LogP contribution < -0.4 is 10.6 Å². The van der Waals surface area contributed by atoms with Gasteiger partial charge >= 0.3 is 12.0 Å². The lowest BCUT2D eigenvalue weighted by atomic mass is 10.2. The summed E-state index contributed by atoms with van der Waals surface area (Å²) in [5.41, 5.74) is 1.19. The number of carbonyl (C=O) groups is 2. The van der Waals surface area contributed by atoms with Gasteiger partial charge in [0.15, 0.2) is 6.04 Å². The van der Waals surface area contributed by atoms with Crippen LogP contribution in [0.5, 0.6) is 0 Å². The van der Waals surface area contributed by atoms with Gasteiger partial charge in [0.05, 0.1) is 6.54 Å². The molecule has 0 aliphatic heterocycles. The number of aliphatic carboxylic acids is 1. The normalized spacial score (nSPS) is 11.9. The van der Waals surface area contributed by atoms with Crippen LogP contribution in [0.1, 0.15) is 26.2 Å². The number of carbonyl (C=O) groups excluding carboxylic acids is 1. The number of rotatable bonds is 5. The van der Waals surface area contributed by atoms with E-state index in [0.29, 0.717) is 11.4 Å². The Morgan fingerprint density at radius 3 is 2.67 bits per heavy atom. The van der Waals surface area contributed by atoms with E-state index in [1.54, 1.807) is 28.8 Å². The van der Waals surface area contributed by atoms with E-state index in [-0.39, 0.29) is 0 Å². The van der Waals surface area contributed by atoms with E-state index >= 15 is 0 Å². The van der Waals surface area contributed by atoms with Crippen molar-refractivity contribution in [2.75, 3.05) is 0 Å². The number of amides is 2. The Balaban J connectivity index is 1.92. The number of nitrogens with one attached hydrogen (secondary N) is 2. The summed E-state index contributed by atoms with van der Waals surface area (Å²) in [6, 6.07) is 3.97. The SMILES string of the molecule is Cc1cc(CNC(=O)NC(C(=O)O)c2cccs2)sc1C. The van der Waals surface area contributed by atoms with Crippen molar-refractivity contribution in [1.82, 2.24) is 10.6 Å². The Labute approximate surface area is 130 Å². The van der Waals surface area contributed by atoms with Gasteiger partial charge in [-0.05, 0) is 36.9 Å². The molecule has 2 heterocycles. The second-order valence-electron chi connectivity index (χ2n) is 4.57.